The molecule has 0 spiro atoms. The lowest BCUT2D eigenvalue weighted by Crippen LogP contribution is -1.93. The minimum absolute atomic E-state index is 0.151. The van der Waals surface area contributed by atoms with Crippen molar-refractivity contribution in [2.24, 2.45) is 20.7 Å². The number of carbonyl (C=O) groups excluding carboxylic acids is 1. The Hall–Kier alpha value is -3.26. The first-order valence-electron chi connectivity index (χ1n) is 7.20. The average molecular weight is 352 g/mol. The smallest absolute Gasteiger partial charge is 0.328 e. The van der Waals surface area contributed by atoms with Crippen LogP contribution >= 0.6 is 11.3 Å². The van der Waals surface area contributed by atoms with Gasteiger partial charge in [-0.3, -0.25) is 4.79 Å². The molecule has 0 saturated carbocycles. The fourth-order valence-corrected chi connectivity index (χ4v) is 3.37. The van der Waals surface area contributed by atoms with Gasteiger partial charge in [-0.2, -0.15) is 0 Å². The average Bonchev–Trinajstić information content (AvgIpc) is 3.28. The first-order valence-corrected chi connectivity index (χ1v) is 8.02. The molecule has 0 bridgehead atoms. The van der Waals surface area contributed by atoms with E-state index in [2.05, 4.69) is 27.3 Å². The van der Waals surface area contributed by atoms with E-state index in [0.29, 0.717) is 5.56 Å². The highest BCUT2D eigenvalue weighted by Crippen LogP contribution is 2.40. The third-order valence-corrected chi connectivity index (χ3v) is 4.59. The van der Waals surface area contributed by atoms with E-state index in [-0.39, 0.29) is 5.78 Å². The number of rotatable bonds is 6. The lowest BCUT2D eigenvalue weighted by Gasteiger charge is -2.05. The largest absolute Gasteiger partial charge is 0.478 e. The number of benzene rings is 1. The summed E-state index contributed by atoms with van der Waals surface area (Å²) in [6.45, 7) is 3.47. The van der Waals surface area contributed by atoms with Crippen LogP contribution in [0.4, 0.5) is 0 Å². The highest BCUT2D eigenvalue weighted by atomic mass is 32.1. The van der Waals surface area contributed by atoms with Gasteiger partial charge in [-0.25, -0.2) is 4.79 Å². The Labute approximate surface area is 146 Å². The van der Waals surface area contributed by atoms with Crippen LogP contribution in [0.25, 0.3) is 16.5 Å². The highest BCUT2D eigenvalue weighted by molar-refractivity contribution is 7.16. The second-order valence-corrected chi connectivity index (χ2v) is 6.12. The Kier molecular flexibility index (Phi) is 4.71. The van der Waals surface area contributed by atoms with Crippen molar-refractivity contribution in [1.29, 1.82) is 0 Å². The third-order valence-electron chi connectivity index (χ3n) is 3.43. The maximum absolute atomic E-state index is 11.7. The van der Waals surface area contributed by atoms with Crippen LogP contribution in [0.3, 0.4) is 0 Å². The van der Waals surface area contributed by atoms with Gasteiger partial charge in [0, 0.05) is 27.0 Å². The van der Waals surface area contributed by atoms with Crippen LogP contribution < -0.4 is 0 Å². The summed E-state index contributed by atoms with van der Waals surface area (Å²) in [5, 5.41) is 23.8. The van der Waals surface area contributed by atoms with Gasteiger partial charge in [-0.15, -0.1) is 21.6 Å². The highest BCUT2D eigenvalue weighted by Gasteiger charge is 2.21. The van der Waals surface area contributed by atoms with Crippen LogP contribution in [0.15, 0.2) is 69.7 Å². The summed E-state index contributed by atoms with van der Waals surface area (Å²) in [6, 6.07) is 8.89. The van der Waals surface area contributed by atoms with Crippen molar-refractivity contribution in [3.05, 3.63) is 65.1 Å². The first-order chi connectivity index (χ1) is 12.1. The molecule has 1 N–H and O–H groups in total. The van der Waals surface area contributed by atoms with E-state index in [4.69, 9.17) is 5.11 Å². The van der Waals surface area contributed by atoms with Gasteiger partial charge in [-0.1, -0.05) is 30.8 Å². The Morgan fingerprint density at radius 2 is 1.84 bits per heavy atom. The fraction of sp³-hybridized carbons (Fsp3) is 0.0588. The zero-order valence-corrected chi connectivity index (χ0v) is 13.7. The van der Waals surface area contributed by atoms with Crippen molar-refractivity contribution in [3.8, 4) is 10.4 Å². The second-order valence-electron chi connectivity index (χ2n) is 5.03. The van der Waals surface area contributed by atoms with E-state index < -0.39 is 12.1 Å². The predicted octanol–water partition coefficient (Wildman–Crippen LogP) is 4.71. The normalized spacial score (nSPS) is 13.6. The van der Waals surface area contributed by atoms with Crippen LogP contribution in [0, 0.1) is 0 Å². The molecule has 1 aliphatic heterocycles. The summed E-state index contributed by atoms with van der Waals surface area (Å²) >= 11 is 1.40. The Morgan fingerprint density at radius 1 is 1.16 bits per heavy atom. The third kappa shape index (κ3) is 3.64. The SMILES string of the molecule is C=CC(=O)c1ccc(-c2sc(/C=C/C(=O)O)cc2C2N=NN=N2)cc1. The monoisotopic (exact) mass is 352 g/mol. The van der Waals surface area contributed by atoms with Crippen molar-refractivity contribution >= 4 is 29.2 Å². The van der Waals surface area contributed by atoms with Gasteiger partial charge in [0.25, 0.3) is 0 Å². The zero-order chi connectivity index (χ0) is 17.8. The molecule has 0 aliphatic carbocycles. The van der Waals surface area contributed by atoms with Crippen molar-refractivity contribution in [1.82, 2.24) is 0 Å². The van der Waals surface area contributed by atoms with Crippen molar-refractivity contribution in [2.75, 3.05) is 0 Å². The maximum atomic E-state index is 11.7. The summed E-state index contributed by atoms with van der Waals surface area (Å²) in [5.74, 6) is -1.18. The minimum Gasteiger partial charge on any atom is -0.478 e. The molecule has 1 aromatic heterocycles. The molecule has 0 unspecified atom stereocenters. The number of carboxylic acid groups (broad SMARTS) is 1. The van der Waals surface area contributed by atoms with E-state index in [1.807, 2.05) is 18.2 Å². The summed E-state index contributed by atoms with van der Waals surface area (Å²) in [5.41, 5.74) is 2.19. The van der Waals surface area contributed by atoms with Gasteiger partial charge in [-0.05, 0) is 34.2 Å². The molecule has 0 fully saturated rings. The number of hydrogen-bond donors (Lipinski definition) is 1. The van der Waals surface area contributed by atoms with E-state index >= 15 is 0 Å². The van der Waals surface area contributed by atoms with Crippen LogP contribution in [0.5, 0.6) is 0 Å². The molecular formula is C17H12N4O3S. The number of carbonyl (C=O) groups is 2. The summed E-state index contributed by atoms with van der Waals surface area (Å²) in [4.78, 5) is 24.0. The second kappa shape index (κ2) is 7.10. The van der Waals surface area contributed by atoms with Crippen LogP contribution in [-0.2, 0) is 4.79 Å². The lowest BCUT2D eigenvalue weighted by molar-refractivity contribution is -0.131. The van der Waals surface area contributed by atoms with Gasteiger partial charge in [0.2, 0.25) is 6.17 Å². The van der Waals surface area contributed by atoms with Gasteiger partial charge >= 0.3 is 5.97 Å². The fourth-order valence-electron chi connectivity index (χ4n) is 2.27. The molecule has 2 heterocycles. The van der Waals surface area contributed by atoms with E-state index in [9.17, 15) is 9.59 Å². The van der Waals surface area contributed by atoms with Crippen molar-refractivity contribution in [2.45, 2.75) is 6.17 Å². The van der Waals surface area contributed by atoms with Crippen molar-refractivity contribution in [3.63, 3.8) is 0 Å². The minimum atomic E-state index is -1.02. The van der Waals surface area contributed by atoms with E-state index in [0.717, 1.165) is 27.0 Å². The maximum Gasteiger partial charge on any atom is 0.328 e. The Morgan fingerprint density at radius 3 is 2.44 bits per heavy atom. The molecule has 0 radical (unpaired) electrons. The van der Waals surface area contributed by atoms with Crippen LogP contribution in [0.1, 0.15) is 27.0 Å². The summed E-state index contributed by atoms with van der Waals surface area (Å²) < 4.78 is 0. The van der Waals surface area contributed by atoms with Crippen LogP contribution in [0.2, 0.25) is 0 Å². The number of thiophene rings is 1. The van der Waals surface area contributed by atoms with Gasteiger partial charge < -0.3 is 5.11 Å². The summed E-state index contributed by atoms with van der Waals surface area (Å²) in [7, 11) is 0. The molecule has 7 nitrogen and oxygen atoms in total. The van der Waals surface area contributed by atoms with Crippen molar-refractivity contribution < 1.29 is 14.7 Å². The molecule has 0 amide bonds. The molecule has 0 atom stereocenters. The Bertz CT molecular complexity index is 914. The van der Waals surface area contributed by atoms with Gasteiger partial charge in [0.15, 0.2) is 5.78 Å². The zero-order valence-electron chi connectivity index (χ0n) is 12.9. The number of allylic oxidation sites excluding steroid dienone is 1. The lowest BCUT2D eigenvalue weighted by atomic mass is 10.0. The topological polar surface area (TPSA) is 104 Å². The van der Waals surface area contributed by atoms with Gasteiger partial charge in [0.05, 0.1) is 0 Å². The van der Waals surface area contributed by atoms with Crippen LogP contribution in [-0.4, -0.2) is 16.9 Å². The standard InChI is InChI=1S/C17H12N4O3S/c1-2-14(22)10-3-5-11(6-4-10)16-13(17-18-20-21-19-17)9-12(25-16)7-8-15(23)24/h2-9,17H,1H2,(H,23,24)/b8-7+. The predicted molar refractivity (Wildman–Crippen MR) is 93.4 cm³/mol. The molecule has 124 valence electrons. The number of aliphatic carboxylic acids is 1. The molecule has 3 rings (SSSR count). The molecule has 25 heavy (non-hydrogen) atoms. The number of carboxylic acids is 1. The number of ketones is 1. The van der Waals surface area contributed by atoms with E-state index in [1.165, 1.54) is 23.5 Å². The quantitative estimate of drug-likeness (QED) is 0.601. The first kappa shape index (κ1) is 16.6. The molecule has 1 aliphatic rings. The molecule has 8 heteroatoms. The van der Waals surface area contributed by atoms with E-state index in [1.54, 1.807) is 12.1 Å². The van der Waals surface area contributed by atoms with Gasteiger partial charge in [0.1, 0.15) is 0 Å². The molecular weight excluding hydrogens is 340 g/mol. The molecule has 0 saturated heterocycles. The number of nitrogens with zero attached hydrogens (tertiary/aromatic N) is 4. The summed E-state index contributed by atoms with van der Waals surface area (Å²) in [6.07, 6.45) is 3.30. The number of hydrogen-bond acceptors (Lipinski definition) is 7. The molecule has 1 aromatic carbocycles. The molecule has 2 aromatic rings. The Balaban J connectivity index is 2.02.